The Hall–Kier alpha value is -3.88. The minimum absolute atomic E-state index is 0.0356. The molecule has 0 saturated heterocycles. The number of para-hydroxylation sites is 1. The van der Waals surface area contributed by atoms with Crippen LogP contribution in [0.15, 0.2) is 42.5 Å². The molecule has 2 aromatic carbocycles. The highest BCUT2D eigenvalue weighted by atomic mass is 16.7. The number of nitro benzene ring substituents is 1. The van der Waals surface area contributed by atoms with Crippen molar-refractivity contribution in [3.05, 3.63) is 63.7 Å². The zero-order valence-corrected chi connectivity index (χ0v) is 13.2. The van der Waals surface area contributed by atoms with Crippen molar-refractivity contribution < 1.29 is 29.1 Å². The van der Waals surface area contributed by atoms with Crippen LogP contribution in [0.25, 0.3) is 6.08 Å². The van der Waals surface area contributed by atoms with Crippen molar-refractivity contribution in [3.63, 3.8) is 0 Å². The molecule has 1 aliphatic rings. The molecule has 1 amide bonds. The summed E-state index contributed by atoms with van der Waals surface area (Å²) >= 11 is 0. The van der Waals surface area contributed by atoms with Crippen LogP contribution in [-0.4, -0.2) is 28.7 Å². The Morgan fingerprint density at radius 3 is 2.58 bits per heavy atom. The van der Waals surface area contributed by atoms with Crippen LogP contribution in [0.2, 0.25) is 0 Å². The van der Waals surface area contributed by atoms with E-state index < -0.39 is 16.8 Å². The second-order valence-corrected chi connectivity index (χ2v) is 5.19. The highest BCUT2D eigenvalue weighted by Crippen LogP contribution is 2.38. The molecule has 1 heterocycles. The highest BCUT2D eigenvalue weighted by Gasteiger charge is 2.22. The van der Waals surface area contributed by atoms with Crippen molar-refractivity contribution in [2.75, 3.05) is 12.1 Å². The fourth-order valence-corrected chi connectivity index (χ4v) is 2.36. The molecule has 0 saturated carbocycles. The van der Waals surface area contributed by atoms with E-state index in [1.807, 2.05) is 0 Å². The molecule has 0 radical (unpaired) electrons. The molecule has 9 nitrogen and oxygen atoms in total. The molecular weight excluding hydrogens is 344 g/mol. The Labute approximate surface area is 146 Å². The number of anilines is 1. The van der Waals surface area contributed by atoms with Gasteiger partial charge in [-0.1, -0.05) is 12.1 Å². The number of nitrogens with zero attached hydrogens (tertiary/aromatic N) is 1. The number of aromatic carboxylic acids is 1. The summed E-state index contributed by atoms with van der Waals surface area (Å²) in [6, 6.07) is 8.52. The van der Waals surface area contributed by atoms with E-state index in [9.17, 15) is 19.7 Å². The fraction of sp³-hybridized carbons (Fsp3) is 0.0588. The van der Waals surface area contributed by atoms with Crippen LogP contribution < -0.4 is 14.8 Å². The topological polar surface area (TPSA) is 128 Å². The van der Waals surface area contributed by atoms with E-state index in [0.29, 0.717) is 5.75 Å². The largest absolute Gasteiger partial charge is 0.478 e. The number of amides is 1. The number of carboxylic acid groups (broad SMARTS) is 1. The average Bonchev–Trinajstić information content (AvgIpc) is 3.06. The van der Waals surface area contributed by atoms with Crippen LogP contribution >= 0.6 is 0 Å². The summed E-state index contributed by atoms with van der Waals surface area (Å²) in [6.07, 6.45) is 2.32. The van der Waals surface area contributed by atoms with Gasteiger partial charge in [-0.3, -0.25) is 14.9 Å². The third kappa shape index (κ3) is 3.46. The molecule has 9 heteroatoms. The molecule has 0 aliphatic carbocycles. The first kappa shape index (κ1) is 17.0. The van der Waals surface area contributed by atoms with Crippen LogP contribution in [-0.2, 0) is 4.79 Å². The smallest absolute Gasteiger partial charge is 0.337 e. The predicted octanol–water partition coefficient (Wildman–Crippen LogP) is 2.67. The van der Waals surface area contributed by atoms with Gasteiger partial charge in [0.1, 0.15) is 0 Å². The lowest BCUT2D eigenvalue weighted by Crippen LogP contribution is -2.11. The number of hydrogen-bond donors (Lipinski definition) is 2. The number of carboxylic acids is 1. The third-order valence-corrected chi connectivity index (χ3v) is 3.55. The van der Waals surface area contributed by atoms with Gasteiger partial charge in [0.05, 0.1) is 27.8 Å². The molecule has 0 fully saturated rings. The second kappa shape index (κ2) is 6.93. The van der Waals surface area contributed by atoms with E-state index in [-0.39, 0.29) is 35.0 Å². The number of benzene rings is 2. The van der Waals surface area contributed by atoms with Gasteiger partial charge in [-0.2, -0.15) is 0 Å². The van der Waals surface area contributed by atoms with Crippen LogP contribution in [0.3, 0.4) is 0 Å². The van der Waals surface area contributed by atoms with Gasteiger partial charge < -0.3 is 19.9 Å². The van der Waals surface area contributed by atoms with Gasteiger partial charge in [0.2, 0.25) is 12.7 Å². The quantitative estimate of drug-likeness (QED) is 0.479. The Morgan fingerprint density at radius 2 is 1.88 bits per heavy atom. The summed E-state index contributed by atoms with van der Waals surface area (Å²) < 4.78 is 10.3. The normalized spacial score (nSPS) is 12.2. The van der Waals surface area contributed by atoms with Crippen molar-refractivity contribution in [2.24, 2.45) is 0 Å². The molecule has 0 aromatic heterocycles. The summed E-state index contributed by atoms with van der Waals surface area (Å²) in [5.41, 5.74) is -0.0386. The van der Waals surface area contributed by atoms with Crippen molar-refractivity contribution in [2.45, 2.75) is 0 Å². The average molecular weight is 356 g/mol. The molecule has 0 unspecified atom stereocenters. The number of nitro groups is 1. The first-order valence-electron chi connectivity index (χ1n) is 7.35. The number of fused-ring (bicyclic) bond motifs is 1. The van der Waals surface area contributed by atoms with Gasteiger partial charge in [-0.25, -0.2) is 4.79 Å². The van der Waals surface area contributed by atoms with Crippen molar-refractivity contribution in [1.82, 2.24) is 0 Å². The van der Waals surface area contributed by atoms with Crippen LogP contribution in [0.4, 0.5) is 11.4 Å². The Kier molecular flexibility index (Phi) is 4.52. The fourth-order valence-electron chi connectivity index (χ4n) is 2.36. The molecule has 132 valence electrons. The number of hydrogen-bond acceptors (Lipinski definition) is 6. The van der Waals surface area contributed by atoms with Crippen molar-refractivity contribution in [1.29, 1.82) is 0 Å². The summed E-state index contributed by atoms with van der Waals surface area (Å²) in [7, 11) is 0. The highest BCUT2D eigenvalue weighted by molar-refractivity contribution is 6.06. The summed E-state index contributed by atoms with van der Waals surface area (Å²) in [6.45, 7) is -0.0356. The van der Waals surface area contributed by atoms with Gasteiger partial charge in [0.25, 0.3) is 5.69 Å². The third-order valence-electron chi connectivity index (χ3n) is 3.55. The summed E-state index contributed by atoms with van der Waals surface area (Å²) in [5.74, 6) is -1.22. The minimum Gasteiger partial charge on any atom is -0.478 e. The monoisotopic (exact) mass is 356 g/mol. The number of nitrogens with one attached hydrogen (secondary N) is 1. The lowest BCUT2D eigenvalue weighted by molar-refractivity contribution is -0.385. The van der Waals surface area contributed by atoms with E-state index in [0.717, 1.165) is 6.08 Å². The lowest BCUT2D eigenvalue weighted by atomic mass is 10.1. The van der Waals surface area contributed by atoms with E-state index >= 15 is 0 Å². The van der Waals surface area contributed by atoms with E-state index in [2.05, 4.69) is 5.32 Å². The van der Waals surface area contributed by atoms with Gasteiger partial charge in [0, 0.05) is 6.08 Å². The molecule has 2 N–H and O–H groups in total. The van der Waals surface area contributed by atoms with Gasteiger partial charge in [-0.05, 0) is 24.3 Å². The maximum Gasteiger partial charge on any atom is 0.337 e. The SMILES string of the molecule is O=C(C=Cc1cc2c(cc1[N+](=O)[O-])OCO2)Nc1ccccc1C(=O)O. The molecule has 3 rings (SSSR count). The Morgan fingerprint density at radius 1 is 1.19 bits per heavy atom. The van der Waals surface area contributed by atoms with Crippen LogP contribution in [0.1, 0.15) is 15.9 Å². The number of carbonyl (C=O) groups is 2. The molecule has 0 atom stereocenters. The Balaban J connectivity index is 1.83. The van der Waals surface area contributed by atoms with Gasteiger partial charge in [-0.15, -0.1) is 0 Å². The molecular formula is C17H12N2O7. The van der Waals surface area contributed by atoms with Crippen molar-refractivity contribution in [3.8, 4) is 11.5 Å². The molecule has 0 spiro atoms. The predicted molar refractivity (Wildman–Crippen MR) is 90.3 cm³/mol. The molecule has 2 aromatic rings. The number of ether oxygens (including phenoxy) is 2. The maximum absolute atomic E-state index is 12.1. The standard InChI is InChI=1S/C17H12N2O7/c20-16(18-12-4-2-1-3-11(12)17(21)22)6-5-10-7-14-15(26-9-25-14)8-13(10)19(23)24/h1-8H,9H2,(H,18,20)(H,21,22). The second-order valence-electron chi connectivity index (χ2n) is 5.19. The van der Waals surface area contributed by atoms with E-state index in [4.69, 9.17) is 14.6 Å². The van der Waals surface area contributed by atoms with Gasteiger partial charge >= 0.3 is 5.97 Å². The maximum atomic E-state index is 12.1. The van der Waals surface area contributed by atoms with E-state index in [1.165, 1.54) is 36.4 Å². The molecule has 26 heavy (non-hydrogen) atoms. The van der Waals surface area contributed by atoms with Crippen LogP contribution in [0.5, 0.6) is 11.5 Å². The summed E-state index contributed by atoms with van der Waals surface area (Å²) in [5, 5.41) is 22.7. The van der Waals surface area contributed by atoms with E-state index in [1.54, 1.807) is 6.07 Å². The first-order valence-corrected chi connectivity index (χ1v) is 7.35. The Bertz CT molecular complexity index is 937. The number of rotatable bonds is 5. The first-order chi connectivity index (χ1) is 12.5. The van der Waals surface area contributed by atoms with Gasteiger partial charge in [0.15, 0.2) is 11.5 Å². The molecule has 0 bridgehead atoms. The zero-order chi connectivity index (χ0) is 18.7. The van der Waals surface area contributed by atoms with Crippen molar-refractivity contribution >= 4 is 29.3 Å². The summed E-state index contributed by atoms with van der Waals surface area (Å²) in [4.78, 5) is 33.8. The number of carbonyl (C=O) groups excluding carboxylic acids is 1. The lowest BCUT2D eigenvalue weighted by Gasteiger charge is -2.06. The zero-order valence-electron chi connectivity index (χ0n) is 13.2. The van der Waals surface area contributed by atoms with Crippen LogP contribution in [0, 0.1) is 10.1 Å². The molecule has 1 aliphatic heterocycles. The minimum atomic E-state index is -1.18.